The lowest BCUT2D eigenvalue weighted by molar-refractivity contribution is 0.196. The van der Waals surface area contributed by atoms with E-state index in [0.717, 1.165) is 18.8 Å². The predicted octanol–water partition coefficient (Wildman–Crippen LogP) is 1.93. The second-order valence-electron chi connectivity index (χ2n) is 3.44. The van der Waals surface area contributed by atoms with Gasteiger partial charge in [0.1, 0.15) is 12.1 Å². The molecule has 0 aromatic carbocycles. The smallest absolute Gasteiger partial charge is 0.218 e. The van der Waals surface area contributed by atoms with Crippen molar-refractivity contribution in [3.05, 3.63) is 12.4 Å². The van der Waals surface area contributed by atoms with Gasteiger partial charge < -0.3 is 14.8 Å². The van der Waals surface area contributed by atoms with Crippen molar-refractivity contribution in [2.45, 2.75) is 18.7 Å². The molecule has 0 fully saturated rings. The molecule has 1 aromatic rings. The fraction of sp³-hybridized carbons (Fsp3) is 0.636. The Balaban J connectivity index is 2.33. The molecule has 1 rings (SSSR count). The molecule has 1 N–H and O–H groups in total. The zero-order valence-electron chi connectivity index (χ0n) is 10.1. The standard InChI is InChI=1S/C11H18ClN3O2/c1-3-17-11-6-10(14-8-15-11)13-5-4-9(12)7-16-2/h6,8-9H,3-5,7H2,1-2H3,(H,13,14,15). The number of methoxy groups -OCH3 is 1. The number of aromatic nitrogens is 2. The maximum atomic E-state index is 6.01. The highest BCUT2D eigenvalue weighted by Gasteiger charge is 2.04. The zero-order valence-corrected chi connectivity index (χ0v) is 10.9. The van der Waals surface area contributed by atoms with Crippen molar-refractivity contribution < 1.29 is 9.47 Å². The van der Waals surface area contributed by atoms with Gasteiger partial charge in [0.2, 0.25) is 5.88 Å². The molecule has 0 amide bonds. The highest BCUT2D eigenvalue weighted by molar-refractivity contribution is 6.20. The van der Waals surface area contributed by atoms with Crippen LogP contribution in [-0.2, 0) is 4.74 Å². The number of anilines is 1. The van der Waals surface area contributed by atoms with Crippen molar-refractivity contribution in [1.29, 1.82) is 0 Å². The second-order valence-corrected chi connectivity index (χ2v) is 4.06. The molecule has 5 nitrogen and oxygen atoms in total. The summed E-state index contributed by atoms with van der Waals surface area (Å²) in [6.45, 7) is 3.80. The van der Waals surface area contributed by atoms with Crippen LogP contribution in [0.4, 0.5) is 5.82 Å². The van der Waals surface area contributed by atoms with E-state index < -0.39 is 0 Å². The Hall–Kier alpha value is -1.07. The van der Waals surface area contributed by atoms with Crippen LogP contribution in [-0.4, -0.2) is 42.2 Å². The summed E-state index contributed by atoms with van der Waals surface area (Å²) in [5, 5.41) is 3.18. The fourth-order valence-electron chi connectivity index (χ4n) is 1.28. The van der Waals surface area contributed by atoms with Crippen molar-refractivity contribution in [3.63, 3.8) is 0 Å². The molecular formula is C11H18ClN3O2. The number of nitrogens with zero attached hydrogens (tertiary/aromatic N) is 2. The van der Waals surface area contributed by atoms with Gasteiger partial charge in [-0.15, -0.1) is 11.6 Å². The Morgan fingerprint density at radius 1 is 1.47 bits per heavy atom. The normalized spacial score (nSPS) is 12.2. The summed E-state index contributed by atoms with van der Waals surface area (Å²) < 4.78 is 10.2. The zero-order chi connectivity index (χ0) is 12.5. The van der Waals surface area contributed by atoms with Gasteiger partial charge >= 0.3 is 0 Å². The van der Waals surface area contributed by atoms with Crippen molar-refractivity contribution in [2.24, 2.45) is 0 Å². The summed E-state index contributed by atoms with van der Waals surface area (Å²) in [4.78, 5) is 8.07. The first-order chi connectivity index (χ1) is 8.26. The van der Waals surface area contributed by atoms with Crippen LogP contribution in [0.25, 0.3) is 0 Å². The average Bonchev–Trinajstić information content (AvgIpc) is 2.30. The topological polar surface area (TPSA) is 56.3 Å². The molecule has 0 saturated heterocycles. The third-order valence-corrected chi connectivity index (χ3v) is 2.39. The van der Waals surface area contributed by atoms with E-state index in [1.807, 2.05) is 6.92 Å². The first-order valence-electron chi connectivity index (χ1n) is 5.58. The van der Waals surface area contributed by atoms with Crippen LogP contribution in [0, 0.1) is 0 Å². The van der Waals surface area contributed by atoms with E-state index in [9.17, 15) is 0 Å². The minimum Gasteiger partial charge on any atom is -0.478 e. The number of hydrogen-bond acceptors (Lipinski definition) is 5. The van der Waals surface area contributed by atoms with Crippen molar-refractivity contribution in [2.75, 3.05) is 32.2 Å². The molecular weight excluding hydrogens is 242 g/mol. The van der Waals surface area contributed by atoms with Gasteiger partial charge in [-0.05, 0) is 13.3 Å². The minimum atomic E-state index is 0.0145. The monoisotopic (exact) mass is 259 g/mol. The largest absolute Gasteiger partial charge is 0.478 e. The summed E-state index contributed by atoms with van der Waals surface area (Å²) in [6.07, 6.45) is 2.28. The van der Waals surface area contributed by atoms with Crippen LogP contribution in [0.3, 0.4) is 0 Å². The van der Waals surface area contributed by atoms with Gasteiger partial charge in [0.05, 0.1) is 18.6 Å². The van der Waals surface area contributed by atoms with Crippen molar-refractivity contribution >= 4 is 17.4 Å². The van der Waals surface area contributed by atoms with E-state index in [1.165, 1.54) is 6.33 Å². The van der Waals surface area contributed by atoms with Crippen LogP contribution in [0.2, 0.25) is 0 Å². The number of halogens is 1. The Kier molecular flexibility index (Phi) is 6.65. The molecule has 1 heterocycles. The molecule has 1 atom stereocenters. The highest BCUT2D eigenvalue weighted by Crippen LogP contribution is 2.11. The lowest BCUT2D eigenvalue weighted by atomic mass is 10.3. The average molecular weight is 260 g/mol. The molecule has 96 valence electrons. The lowest BCUT2D eigenvalue weighted by Gasteiger charge is -2.10. The number of alkyl halides is 1. The summed E-state index contributed by atoms with van der Waals surface area (Å²) >= 11 is 6.01. The Bertz CT molecular complexity index is 325. The summed E-state index contributed by atoms with van der Waals surface area (Å²) in [5.41, 5.74) is 0. The van der Waals surface area contributed by atoms with Crippen molar-refractivity contribution in [3.8, 4) is 5.88 Å². The van der Waals surface area contributed by atoms with Crippen LogP contribution in [0.5, 0.6) is 5.88 Å². The Morgan fingerprint density at radius 3 is 3.00 bits per heavy atom. The molecule has 0 aliphatic rings. The highest BCUT2D eigenvalue weighted by atomic mass is 35.5. The van der Waals surface area contributed by atoms with Crippen LogP contribution in [0.1, 0.15) is 13.3 Å². The Labute approximate surface area is 107 Å². The SMILES string of the molecule is CCOc1cc(NCCC(Cl)COC)ncn1. The van der Waals surface area contributed by atoms with E-state index in [0.29, 0.717) is 19.1 Å². The van der Waals surface area contributed by atoms with Gasteiger partial charge in [-0.2, -0.15) is 0 Å². The minimum absolute atomic E-state index is 0.0145. The number of ether oxygens (including phenoxy) is 2. The van der Waals surface area contributed by atoms with E-state index in [4.69, 9.17) is 21.1 Å². The predicted molar refractivity (Wildman–Crippen MR) is 67.8 cm³/mol. The molecule has 6 heteroatoms. The van der Waals surface area contributed by atoms with E-state index in [2.05, 4.69) is 15.3 Å². The maximum Gasteiger partial charge on any atom is 0.218 e. The number of hydrogen-bond donors (Lipinski definition) is 1. The van der Waals surface area contributed by atoms with Crippen LogP contribution < -0.4 is 10.1 Å². The molecule has 0 saturated carbocycles. The van der Waals surface area contributed by atoms with Gasteiger partial charge in [0.25, 0.3) is 0 Å². The second kappa shape index (κ2) is 8.08. The number of nitrogens with one attached hydrogen (secondary N) is 1. The van der Waals surface area contributed by atoms with Gasteiger partial charge in [0.15, 0.2) is 0 Å². The Morgan fingerprint density at radius 2 is 2.29 bits per heavy atom. The molecule has 0 radical (unpaired) electrons. The van der Waals surface area contributed by atoms with E-state index in [1.54, 1.807) is 13.2 Å². The van der Waals surface area contributed by atoms with Crippen molar-refractivity contribution in [1.82, 2.24) is 9.97 Å². The van der Waals surface area contributed by atoms with E-state index in [-0.39, 0.29) is 5.38 Å². The summed E-state index contributed by atoms with van der Waals surface area (Å²) in [7, 11) is 1.64. The summed E-state index contributed by atoms with van der Waals surface area (Å²) in [5.74, 6) is 1.31. The molecule has 0 aliphatic carbocycles. The van der Waals surface area contributed by atoms with Crippen LogP contribution >= 0.6 is 11.6 Å². The fourth-order valence-corrected chi connectivity index (χ4v) is 1.52. The molecule has 17 heavy (non-hydrogen) atoms. The van der Waals surface area contributed by atoms with E-state index >= 15 is 0 Å². The summed E-state index contributed by atoms with van der Waals surface area (Å²) in [6, 6.07) is 1.77. The van der Waals surface area contributed by atoms with Gasteiger partial charge in [-0.25, -0.2) is 9.97 Å². The molecule has 0 spiro atoms. The first-order valence-corrected chi connectivity index (χ1v) is 6.01. The number of rotatable bonds is 8. The quantitative estimate of drug-likeness (QED) is 0.723. The van der Waals surface area contributed by atoms with Gasteiger partial charge in [0, 0.05) is 19.7 Å². The third kappa shape index (κ3) is 5.70. The van der Waals surface area contributed by atoms with Crippen LogP contribution in [0.15, 0.2) is 12.4 Å². The lowest BCUT2D eigenvalue weighted by Crippen LogP contribution is -2.14. The molecule has 0 bridgehead atoms. The molecule has 1 unspecified atom stereocenters. The maximum absolute atomic E-state index is 6.01. The van der Waals surface area contributed by atoms with Gasteiger partial charge in [-0.3, -0.25) is 0 Å². The third-order valence-electron chi connectivity index (χ3n) is 2.05. The van der Waals surface area contributed by atoms with Gasteiger partial charge in [-0.1, -0.05) is 0 Å². The first kappa shape index (κ1) is 14.0. The molecule has 0 aliphatic heterocycles. The molecule has 1 aromatic heterocycles.